The molecule has 0 aliphatic heterocycles. The van der Waals surface area contributed by atoms with Crippen LogP contribution in [0, 0.1) is 11.7 Å². The quantitative estimate of drug-likeness (QED) is 0.553. The van der Waals surface area contributed by atoms with Gasteiger partial charge >= 0.3 is 0 Å². The summed E-state index contributed by atoms with van der Waals surface area (Å²) >= 11 is 0. The summed E-state index contributed by atoms with van der Waals surface area (Å²) in [7, 11) is 0. The summed E-state index contributed by atoms with van der Waals surface area (Å²) in [4.78, 5) is 22.1. The van der Waals surface area contributed by atoms with Crippen molar-refractivity contribution < 1.29 is 8.91 Å². The second-order valence-electron chi connectivity index (χ2n) is 7.49. The largest absolute Gasteiger partial charge is 0.339 e. The van der Waals surface area contributed by atoms with Crippen molar-refractivity contribution >= 4 is 16.6 Å². The number of aromatic nitrogens is 5. The Morgan fingerprint density at radius 1 is 1.30 bits per heavy atom. The van der Waals surface area contributed by atoms with Crippen molar-refractivity contribution in [3.63, 3.8) is 0 Å². The van der Waals surface area contributed by atoms with Gasteiger partial charge in [0.05, 0.1) is 11.0 Å². The first-order chi connectivity index (χ1) is 13.0. The highest BCUT2D eigenvalue weighted by Crippen LogP contribution is 2.46. The molecule has 1 aliphatic rings. The van der Waals surface area contributed by atoms with Crippen molar-refractivity contribution in [3.8, 4) is 11.5 Å². The smallest absolute Gasteiger partial charge is 0.278 e. The zero-order chi connectivity index (χ0) is 18.9. The molecule has 8 heteroatoms. The highest BCUT2D eigenvalue weighted by Gasteiger charge is 2.39. The van der Waals surface area contributed by atoms with Gasteiger partial charge in [-0.3, -0.25) is 9.20 Å². The van der Waals surface area contributed by atoms with Gasteiger partial charge in [-0.2, -0.15) is 4.98 Å². The summed E-state index contributed by atoms with van der Waals surface area (Å²) in [5.74, 6) is 1.33. The predicted molar refractivity (Wildman–Crippen MR) is 97.1 cm³/mol. The highest BCUT2D eigenvalue weighted by atomic mass is 19.1. The molecule has 1 fully saturated rings. The van der Waals surface area contributed by atoms with Gasteiger partial charge in [0.15, 0.2) is 0 Å². The Morgan fingerprint density at radius 3 is 2.78 bits per heavy atom. The van der Waals surface area contributed by atoms with E-state index >= 15 is 0 Å². The molecular weight excluding hydrogens is 349 g/mol. The summed E-state index contributed by atoms with van der Waals surface area (Å²) < 4.78 is 22.4. The topological polar surface area (TPSA) is 78.2 Å². The normalized spacial score (nSPS) is 19.4. The molecule has 7 nitrogen and oxygen atoms in total. The van der Waals surface area contributed by atoms with Crippen molar-refractivity contribution in [2.75, 3.05) is 0 Å². The molecule has 2 atom stereocenters. The average Bonchev–Trinajstić information content (AvgIpc) is 3.02. The third-order valence-corrected chi connectivity index (χ3v) is 5.24. The molecule has 1 saturated carbocycles. The molecular formula is C19H18FN5O2. The first kappa shape index (κ1) is 16.2. The Bertz CT molecular complexity index is 1250. The number of hydrogen-bond donors (Lipinski definition) is 0. The Hall–Kier alpha value is -3.03. The molecule has 1 aliphatic carbocycles. The van der Waals surface area contributed by atoms with Crippen molar-refractivity contribution in [2.24, 2.45) is 5.92 Å². The van der Waals surface area contributed by atoms with Crippen molar-refractivity contribution in [3.05, 3.63) is 46.6 Å². The third-order valence-electron chi connectivity index (χ3n) is 5.24. The standard InChI is InChI=1S/C19H18FN5O2/c1-9(2)25-14-7-11(20)4-5-13(14)24-8-21-15(16(24)19(25)26)17-22-18(27-23-17)12-6-10(12)3/h4-5,7-10,12H,6H2,1-3H3. The van der Waals surface area contributed by atoms with Gasteiger partial charge in [0.1, 0.15) is 23.4 Å². The van der Waals surface area contributed by atoms with Gasteiger partial charge in [-0.15, -0.1) is 0 Å². The summed E-state index contributed by atoms with van der Waals surface area (Å²) in [6, 6.07) is 4.24. The zero-order valence-corrected chi connectivity index (χ0v) is 15.2. The SMILES string of the molecule is CC1CC1c1nc(-c2ncn3c2c(=O)n(C(C)C)c2cc(F)ccc23)no1. The molecule has 27 heavy (non-hydrogen) atoms. The maximum absolute atomic E-state index is 13.8. The second kappa shape index (κ2) is 5.48. The molecule has 0 spiro atoms. The van der Waals surface area contributed by atoms with Gasteiger partial charge in [0.2, 0.25) is 11.7 Å². The average molecular weight is 367 g/mol. The van der Waals surface area contributed by atoms with Gasteiger partial charge < -0.3 is 9.09 Å². The van der Waals surface area contributed by atoms with E-state index in [1.165, 1.54) is 12.1 Å². The fraction of sp³-hybridized carbons (Fsp3) is 0.368. The van der Waals surface area contributed by atoms with Gasteiger partial charge in [-0.25, -0.2) is 9.37 Å². The van der Waals surface area contributed by atoms with E-state index < -0.39 is 5.82 Å². The van der Waals surface area contributed by atoms with Crippen LogP contribution >= 0.6 is 0 Å². The molecule has 1 aromatic carbocycles. The van der Waals surface area contributed by atoms with Crippen LogP contribution in [0.4, 0.5) is 4.39 Å². The lowest BCUT2D eigenvalue weighted by atomic mass is 10.2. The number of nitrogens with zero attached hydrogens (tertiary/aromatic N) is 5. The minimum absolute atomic E-state index is 0.150. The minimum atomic E-state index is -0.391. The lowest BCUT2D eigenvalue weighted by Gasteiger charge is -2.15. The molecule has 5 rings (SSSR count). The van der Waals surface area contributed by atoms with Gasteiger partial charge in [0, 0.05) is 12.0 Å². The molecule has 138 valence electrons. The molecule has 0 amide bonds. The van der Waals surface area contributed by atoms with E-state index in [-0.39, 0.29) is 17.5 Å². The van der Waals surface area contributed by atoms with Crippen LogP contribution in [0.1, 0.15) is 45.0 Å². The first-order valence-electron chi connectivity index (χ1n) is 9.00. The Labute approximate surface area is 153 Å². The van der Waals surface area contributed by atoms with E-state index in [2.05, 4.69) is 22.0 Å². The first-order valence-corrected chi connectivity index (χ1v) is 9.00. The van der Waals surface area contributed by atoms with Crippen molar-refractivity contribution in [2.45, 2.75) is 39.2 Å². The fourth-order valence-corrected chi connectivity index (χ4v) is 3.68. The van der Waals surface area contributed by atoms with Crippen LogP contribution in [0.25, 0.3) is 28.1 Å². The molecule has 2 unspecified atom stereocenters. The van der Waals surface area contributed by atoms with E-state index in [0.717, 1.165) is 6.42 Å². The summed E-state index contributed by atoms with van der Waals surface area (Å²) in [6.07, 6.45) is 2.58. The molecule has 0 saturated heterocycles. The molecule has 0 bridgehead atoms. The van der Waals surface area contributed by atoms with Gasteiger partial charge in [-0.1, -0.05) is 12.1 Å². The summed E-state index contributed by atoms with van der Waals surface area (Å²) in [5, 5.41) is 4.04. The van der Waals surface area contributed by atoms with E-state index in [1.54, 1.807) is 21.4 Å². The van der Waals surface area contributed by atoms with E-state index in [1.807, 2.05) is 13.8 Å². The molecule has 0 N–H and O–H groups in total. The van der Waals surface area contributed by atoms with E-state index in [4.69, 9.17) is 4.52 Å². The highest BCUT2D eigenvalue weighted by molar-refractivity contribution is 5.83. The summed E-state index contributed by atoms with van der Waals surface area (Å²) in [5.41, 5.74) is 1.69. The molecule has 4 aromatic rings. The van der Waals surface area contributed by atoms with Crippen molar-refractivity contribution in [1.82, 2.24) is 24.1 Å². The van der Waals surface area contributed by atoms with Crippen LogP contribution in [0.3, 0.4) is 0 Å². The van der Waals surface area contributed by atoms with Crippen LogP contribution in [-0.2, 0) is 0 Å². The Kier molecular flexibility index (Phi) is 3.28. The number of fused-ring (bicyclic) bond motifs is 3. The number of hydrogen-bond acceptors (Lipinski definition) is 5. The van der Waals surface area contributed by atoms with Crippen LogP contribution < -0.4 is 5.56 Å². The Balaban J connectivity index is 1.81. The van der Waals surface area contributed by atoms with Crippen molar-refractivity contribution in [1.29, 1.82) is 0 Å². The van der Waals surface area contributed by atoms with Crippen LogP contribution in [0.15, 0.2) is 33.8 Å². The van der Waals surface area contributed by atoms with Crippen LogP contribution in [0.2, 0.25) is 0 Å². The lowest BCUT2D eigenvalue weighted by Crippen LogP contribution is -2.24. The third kappa shape index (κ3) is 2.32. The van der Waals surface area contributed by atoms with Gasteiger partial charge in [0.25, 0.3) is 5.56 Å². The molecule has 0 radical (unpaired) electrons. The summed E-state index contributed by atoms with van der Waals surface area (Å²) in [6.45, 7) is 5.91. The predicted octanol–water partition coefficient (Wildman–Crippen LogP) is 3.54. The van der Waals surface area contributed by atoms with E-state index in [9.17, 15) is 9.18 Å². The maximum atomic E-state index is 13.8. The number of benzene rings is 1. The molecule has 3 aromatic heterocycles. The lowest BCUT2D eigenvalue weighted by molar-refractivity contribution is 0.376. The minimum Gasteiger partial charge on any atom is -0.339 e. The zero-order valence-electron chi connectivity index (χ0n) is 15.2. The molecule has 3 heterocycles. The van der Waals surface area contributed by atoms with Gasteiger partial charge in [-0.05, 0) is 44.4 Å². The fourth-order valence-electron chi connectivity index (χ4n) is 3.68. The van der Waals surface area contributed by atoms with Crippen LogP contribution in [-0.4, -0.2) is 24.1 Å². The van der Waals surface area contributed by atoms with Crippen LogP contribution in [0.5, 0.6) is 0 Å². The number of imidazole rings is 1. The Morgan fingerprint density at radius 2 is 2.07 bits per heavy atom. The maximum Gasteiger partial charge on any atom is 0.278 e. The monoisotopic (exact) mass is 367 g/mol. The second-order valence-corrected chi connectivity index (χ2v) is 7.49. The van der Waals surface area contributed by atoms with E-state index in [0.29, 0.717) is 39.9 Å². The number of halogens is 1. The number of rotatable bonds is 3.